The fraction of sp³-hybridized carbons (Fsp3) is 0.667. The number of phenols is 1. The lowest BCUT2D eigenvalue weighted by Crippen LogP contribution is -2.72. The van der Waals surface area contributed by atoms with Crippen molar-refractivity contribution in [1.29, 1.82) is 0 Å². The highest BCUT2D eigenvalue weighted by molar-refractivity contribution is 5.75. The molecule has 6 heteroatoms. The Morgan fingerprint density at radius 2 is 2.22 bits per heavy atom. The predicted molar refractivity (Wildman–Crippen MR) is 99.8 cm³/mol. The van der Waals surface area contributed by atoms with Gasteiger partial charge in [-0.25, -0.2) is 0 Å². The smallest absolute Gasteiger partial charge is 0.323 e. The number of ether oxygens (including phenoxy) is 2. The second-order valence-corrected chi connectivity index (χ2v) is 9.03. The van der Waals surface area contributed by atoms with Crippen LogP contribution >= 0.6 is 0 Å². The molecule has 4 aliphatic rings. The first kappa shape index (κ1) is 17.3. The summed E-state index contributed by atoms with van der Waals surface area (Å²) < 4.78 is 12.4. The summed E-state index contributed by atoms with van der Waals surface area (Å²) in [6, 6.07) is 3.58. The first-order valence-electron chi connectivity index (χ1n) is 10.0. The molecule has 1 aromatic rings. The van der Waals surface area contributed by atoms with Crippen LogP contribution in [0.3, 0.4) is 0 Å². The van der Waals surface area contributed by atoms with Crippen LogP contribution in [0.15, 0.2) is 12.1 Å². The summed E-state index contributed by atoms with van der Waals surface area (Å²) in [5, 5.41) is 10.6. The number of piperidine rings is 1. The van der Waals surface area contributed by atoms with E-state index in [1.165, 1.54) is 11.1 Å². The number of likely N-dealkylation sites (N-methyl/N-ethyl adjacent to an activating group) is 1. The molecule has 2 fully saturated rings. The molecule has 1 saturated carbocycles. The summed E-state index contributed by atoms with van der Waals surface area (Å²) in [6.45, 7) is 4.70. The largest absolute Gasteiger partial charge is 0.504 e. The normalized spacial score (nSPS) is 40.1. The SMILES string of the molecule is CC(N)C(=O)OC1CC[C@H]2C3Cc4ccc(O)c5c4[C@@]2(CCN3C)[C@@]1(C)O5. The fourth-order valence-corrected chi connectivity index (χ4v) is 6.53. The molecule has 1 saturated heterocycles. The van der Waals surface area contributed by atoms with Crippen molar-refractivity contribution >= 4 is 5.97 Å². The zero-order valence-electron chi connectivity index (χ0n) is 16.2. The second kappa shape index (κ2) is 5.39. The molecule has 146 valence electrons. The van der Waals surface area contributed by atoms with Crippen molar-refractivity contribution in [3.63, 3.8) is 0 Å². The molecule has 1 aromatic carbocycles. The summed E-state index contributed by atoms with van der Waals surface area (Å²) in [7, 11) is 2.21. The molecule has 27 heavy (non-hydrogen) atoms. The quantitative estimate of drug-likeness (QED) is 0.769. The molecule has 2 aliphatic carbocycles. The molecule has 2 bridgehead atoms. The van der Waals surface area contributed by atoms with Crippen molar-refractivity contribution in [2.24, 2.45) is 11.7 Å². The van der Waals surface area contributed by atoms with Crippen LogP contribution in [0.25, 0.3) is 0 Å². The Morgan fingerprint density at radius 1 is 1.44 bits per heavy atom. The molecule has 0 radical (unpaired) electrons. The molecular weight excluding hydrogens is 344 g/mol. The van der Waals surface area contributed by atoms with E-state index in [-0.39, 0.29) is 23.2 Å². The number of hydrogen-bond donors (Lipinski definition) is 2. The van der Waals surface area contributed by atoms with E-state index in [1.54, 1.807) is 13.0 Å². The minimum Gasteiger partial charge on any atom is -0.504 e. The summed E-state index contributed by atoms with van der Waals surface area (Å²) in [5.74, 6) is 0.835. The first-order valence-corrected chi connectivity index (χ1v) is 10.0. The van der Waals surface area contributed by atoms with Crippen molar-refractivity contribution < 1.29 is 19.4 Å². The topological polar surface area (TPSA) is 85.0 Å². The number of likely N-dealkylation sites (tertiary alicyclic amines) is 1. The molecule has 6 nitrogen and oxygen atoms in total. The number of hydrogen-bond acceptors (Lipinski definition) is 6. The fourth-order valence-electron chi connectivity index (χ4n) is 6.53. The van der Waals surface area contributed by atoms with E-state index < -0.39 is 11.6 Å². The van der Waals surface area contributed by atoms with Gasteiger partial charge in [0.15, 0.2) is 17.1 Å². The minimum atomic E-state index is -0.684. The highest BCUT2D eigenvalue weighted by Gasteiger charge is 2.72. The van der Waals surface area contributed by atoms with Crippen LogP contribution < -0.4 is 10.5 Å². The Kier molecular flexibility index (Phi) is 3.45. The average molecular weight is 372 g/mol. The second-order valence-electron chi connectivity index (χ2n) is 9.03. The maximum Gasteiger partial charge on any atom is 0.323 e. The molecule has 6 atom stereocenters. The first-order chi connectivity index (χ1) is 12.8. The van der Waals surface area contributed by atoms with E-state index in [0.717, 1.165) is 32.2 Å². The summed E-state index contributed by atoms with van der Waals surface area (Å²) in [5.41, 5.74) is 7.28. The van der Waals surface area contributed by atoms with Gasteiger partial charge in [-0.05, 0) is 70.7 Å². The molecule has 2 heterocycles. The Balaban J connectivity index is 1.69. The molecular formula is C21H28N2O4. The predicted octanol–water partition coefficient (Wildman–Crippen LogP) is 1.71. The standard InChI is InChI=1S/C21H28N2O4/c1-11(22)19(25)26-16-7-5-13-14-10-12-4-6-15(24)18-17(12)21(13,8-9-23(14)3)20(16,2)27-18/h4,6,11,13-14,16,24H,5,7-10,22H2,1-3H3/t11?,13-,14?,16?,20-,21-/m0/s1. The molecule has 5 rings (SSSR count). The lowest BCUT2D eigenvalue weighted by atomic mass is 9.47. The van der Waals surface area contributed by atoms with Gasteiger partial charge in [0, 0.05) is 17.0 Å². The number of carbonyl (C=O) groups excluding carboxylic acids is 1. The number of nitrogens with two attached hydrogens (primary N) is 1. The monoisotopic (exact) mass is 372 g/mol. The van der Waals surface area contributed by atoms with E-state index in [1.807, 2.05) is 6.07 Å². The molecule has 3 unspecified atom stereocenters. The summed E-state index contributed by atoms with van der Waals surface area (Å²) in [4.78, 5) is 14.8. The third-order valence-corrected chi connectivity index (χ3v) is 7.81. The number of nitrogens with zero attached hydrogens (tertiary/aromatic N) is 1. The van der Waals surface area contributed by atoms with Gasteiger partial charge in [-0.15, -0.1) is 0 Å². The van der Waals surface area contributed by atoms with E-state index in [2.05, 4.69) is 18.9 Å². The molecule has 0 amide bonds. The van der Waals surface area contributed by atoms with Gasteiger partial charge in [0.1, 0.15) is 12.1 Å². The zero-order valence-corrected chi connectivity index (χ0v) is 16.2. The Hall–Kier alpha value is -1.79. The van der Waals surface area contributed by atoms with Gasteiger partial charge in [0.2, 0.25) is 0 Å². The third kappa shape index (κ3) is 1.95. The van der Waals surface area contributed by atoms with Gasteiger partial charge in [0.05, 0.1) is 0 Å². The third-order valence-electron chi connectivity index (χ3n) is 7.81. The van der Waals surface area contributed by atoms with E-state index in [4.69, 9.17) is 15.2 Å². The van der Waals surface area contributed by atoms with Crippen LogP contribution in [-0.4, -0.2) is 53.4 Å². The van der Waals surface area contributed by atoms with Crippen LogP contribution in [0.5, 0.6) is 11.5 Å². The van der Waals surface area contributed by atoms with Crippen LogP contribution in [0.1, 0.15) is 44.2 Å². The Morgan fingerprint density at radius 3 is 2.96 bits per heavy atom. The van der Waals surface area contributed by atoms with Gasteiger partial charge in [-0.3, -0.25) is 4.79 Å². The highest BCUT2D eigenvalue weighted by atomic mass is 16.6. The van der Waals surface area contributed by atoms with E-state index in [9.17, 15) is 9.90 Å². The van der Waals surface area contributed by atoms with Crippen molar-refractivity contribution in [1.82, 2.24) is 4.90 Å². The van der Waals surface area contributed by atoms with E-state index in [0.29, 0.717) is 17.7 Å². The molecule has 3 N–H and O–H groups in total. The minimum absolute atomic E-state index is 0.187. The maximum atomic E-state index is 12.3. The van der Waals surface area contributed by atoms with Crippen molar-refractivity contribution in [2.75, 3.05) is 13.6 Å². The van der Waals surface area contributed by atoms with Gasteiger partial charge in [-0.1, -0.05) is 6.07 Å². The van der Waals surface area contributed by atoms with Crippen molar-refractivity contribution in [3.05, 3.63) is 23.3 Å². The van der Waals surface area contributed by atoms with Gasteiger partial charge < -0.3 is 25.2 Å². The van der Waals surface area contributed by atoms with Crippen molar-refractivity contribution in [2.45, 2.75) is 68.7 Å². The zero-order chi connectivity index (χ0) is 19.1. The van der Waals surface area contributed by atoms with Crippen LogP contribution in [0.4, 0.5) is 0 Å². The summed E-state index contributed by atoms with van der Waals surface area (Å²) >= 11 is 0. The van der Waals surface area contributed by atoms with E-state index >= 15 is 0 Å². The number of esters is 1. The van der Waals surface area contributed by atoms with Crippen LogP contribution in [0, 0.1) is 5.92 Å². The highest BCUT2D eigenvalue weighted by Crippen LogP contribution is 2.67. The number of carbonyl (C=O) groups is 1. The number of phenolic OH excluding ortho intramolecular Hbond substituents is 1. The number of rotatable bonds is 2. The van der Waals surface area contributed by atoms with Gasteiger partial charge >= 0.3 is 5.97 Å². The average Bonchev–Trinajstić information content (AvgIpc) is 2.91. The van der Waals surface area contributed by atoms with Crippen LogP contribution in [-0.2, 0) is 21.4 Å². The van der Waals surface area contributed by atoms with Crippen molar-refractivity contribution in [3.8, 4) is 11.5 Å². The molecule has 0 aromatic heterocycles. The lowest BCUT2D eigenvalue weighted by Gasteiger charge is -2.62. The number of aromatic hydroxyl groups is 1. The Bertz CT molecular complexity index is 825. The van der Waals surface area contributed by atoms with Gasteiger partial charge in [0.25, 0.3) is 0 Å². The maximum absolute atomic E-state index is 12.3. The Labute approximate surface area is 159 Å². The number of benzene rings is 1. The van der Waals surface area contributed by atoms with Crippen LogP contribution in [0.2, 0.25) is 0 Å². The molecule has 2 aliphatic heterocycles. The summed E-state index contributed by atoms with van der Waals surface area (Å²) in [6.07, 6.45) is 3.30. The molecule has 1 spiro atoms. The lowest BCUT2D eigenvalue weighted by molar-refractivity contribution is -0.190. The van der Waals surface area contributed by atoms with Gasteiger partial charge in [-0.2, -0.15) is 0 Å².